The first-order chi connectivity index (χ1) is 15.9. The molecule has 0 aliphatic rings. The molecule has 0 bridgehead atoms. The third-order valence-corrected chi connectivity index (χ3v) is 7.43. The van der Waals surface area contributed by atoms with Crippen LogP contribution in [-0.2, 0) is 27.7 Å². The topological polar surface area (TPSA) is 113 Å². The zero-order valence-corrected chi connectivity index (χ0v) is 19.6. The number of hydrogen-bond donors (Lipinski definition) is 3. The number of sulfonamides is 1. The first-order valence-corrected chi connectivity index (χ1v) is 12.7. The van der Waals surface area contributed by atoms with Gasteiger partial charge in [-0.3, -0.25) is 9.52 Å². The first kappa shape index (κ1) is 22.8. The molecule has 33 heavy (non-hydrogen) atoms. The Hall–Kier alpha value is -3.37. The van der Waals surface area contributed by atoms with Gasteiger partial charge in [-0.15, -0.1) is 11.3 Å². The van der Waals surface area contributed by atoms with E-state index in [2.05, 4.69) is 26.1 Å². The van der Waals surface area contributed by atoms with Crippen LogP contribution < -0.4 is 14.8 Å². The molecule has 4 rings (SSSR count). The number of hydrogen-bond acceptors (Lipinski definition) is 6. The average Bonchev–Trinajstić information content (AvgIpc) is 3.44. The molecule has 0 saturated carbocycles. The van der Waals surface area contributed by atoms with Gasteiger partial charge < -0.3 is 15.0 Å². The van der Waals surface area contributed by atoms with Gasteiger partial charge in [0.2, 0.25) is 5.91 Å². The number of methoxy groups -OCH3 is 1. The summed E-state index contributed by atoms with van der Waals surface area (Å²) < 4.78 is 32.6. The highest BCUT2D eigenvalue weighted by Gasteiger charge is 2.16. The predicted octanol–water partition coefficient (Wildman–Crippen LogP) is 3.73. The number of nitrogens with one attached hydrogen (secondary N) is 3. The molecule has 0 saturated heterocycles. The van der Waals surface area contributed by atoms with Gasteiger partial charge in [0.25, 0.3) is 10.0 Å². The van der Waals surface area contributed by atoms with Crippen molar-refractivity contribution in [3.05, 3.63) is 71.4 Å². The molecule has 3 N–H and O–H groups in total. The number of anilines is 1. The number of aryl methyl sites for hydroxylation is 1. The van der Waals surface area contributed by atoms with Crippen LogP contribution in [0.4, 0.5) is 5.13 Å². The van der Waals surface area contributed by atoms with Crippen molar-refractivity contribution in [2.45, 2.75) is 24.2 Å². The normalized spacial score (nSPS) is 11.4. The van der Waals surface area contributed by atoms with Crippen LogP contribution in [-0.4, -0.2) is 37.9 Å². The summed E-state index contributed by atoms with van der Waals surface area (Å²) in [6.45, 7) is 0.546. The molecule has 1 amide bonds. The lowest BCUT2D eigenvalue weighted by Crippen LogP contribution is -2.25. The maximum atomic E-state index is 12.5. The number of benzene rings is 2. The Morgan fingerprint density at radius 3 is 2.70 bits per heavy atom. The Morgan fingerprint density at radius 2 is 1.91 bits per heavy atom. The van der Waals surface area contributed by atoms with Crippen LogP contribution in [0.2, 0.25) is 0 Å². The highest BCUT2D eigenvalue weighted by Crippen LogP contribution is 2.22. The summed E-state index contributed by atoms with van der Waals surface area (Å²) >= 11 is 1.19. The van der Waals surface area contributed by atoms with Crippen molar-refractivity contribution in [1.82, 2.24) is 15.3 Å². The second kappa shape index (κ2) is 10.1. The minimum absolute atomic E-state index is 0.0665. The quantitative estimate of drug-likeness (QED) is 0.317. The second-order valence-corrected chi connectivity index (χ2v) is 9.92. The summed E-state index contributed by atoms with van der Waals surface area (Å²) in [5.41, 5.74) is 2.92. The Morgan fingerprint density at radius 1 is 1.12 bits per heavy atom. The number of amides is 1. The van der Waals surface area contributed by atoms with Crippen LogP contribution in [0.3, 0.4) is 0 Å². The van der Waals surface area contributed by atoms with Gasteiger partial charge in [0, 0.05) is 35.4 Å². The van der Waals surface area contributed by atoms with E-state index in [0.29, 0.717) is 24.4 Å². The second-order valence-electron chi connectivity index (χ2n) is 7.38. The van der Waals surface area contributed by atoms with E-state index in [1.807, 2.05) is 24.4 Å². The fourth-order valence-corrected chi connectivity index (χ4v) is 5.40. The number of fused-ring (bicyclic) bond motifs is 1. The van der Waals surface area contributed by atoms with Gasteiger partial charge in [0.1, 0.15) is 5.75 Å². The number of para-hydroxylation sites is 1. The number of ether oxygens (including phenoxy) is 1. The van der Waals surface area contributed by atoms with E-state index in [1.165, 1.54) is 41.5 Å². The highest BCUT2D eigenvalue weighted by atomic mass is 32.2. The van der Waals surface area contributed by atoms with E-state index < -0.39 is 10.0 Å². The van der Waals surface area contributed by atoms with E-state index in [-0.39, 0.29) is 22.4 Å². The summed E-state index contributed by atoms with van der Waals surface area (Å²) in [5, 5.41) is 6.12. The number of carbonyl (C=O) groups excluding carboxylic acids is 1. The van der Waals surface area contributed by atoms with Crippen molar-refractivity contribution < 1.29 is 17.9 Å². The van der Waals surface area contributed by atoms with Crippen LogP contribution in [0.1, 0.15) is 17.7 Å². The summed E-state index contributed by atoms with van der Waals surface area (Å²) in [6.07, 6.45) is 3.42. The molecule has 0 atom stereocenters. The summed E-state index contributed by atoms with van der Waals surface area (Å²) in [5.74, 6) is 0.508. The lowest BCUT2D eigenvalue weighted by Gasteiger charge is -2.06. The number of aromatic amines is 1. The van der Waals surface area contributed by atoms with Gasteiger partial charge in [-0.25, -0.2) is 13.4 Å². The fraction of sp³-hybridized carbons (Fsp3) is 0.217. The SMILES string of the molecule is COc1ccc(S(=O)(=O)Nc2nc(CCC(=O)NCCc3c[nH]c4ccccc34)cs2)cc1. The van der Waals surface area contributed by atoms with Crippen molar-refractivity contribution in [1.29, 1.82) is 0 Å². The molecular weight excluding hydrogens is 460 g/mol. The summed E-state index contributed by atoms with van der Waals surface area (Å²) in [7, 11) is -2.23. The number of thiazole rings is 1. The Labute approximate surface area is 196 Å². The molecule has 0 aliphatic heterocycles. The monoisotopic (exact) mass is 484 g/mol. The van der Waals surface area contributed by atoms with Crippen LogP contribution in [0.15, 0.2) is 65.0 Å². The molecule has 2 aromatic carbocycles. The molecule has 0 radical (unpaired) electrons. The third kappa shape index (κ3) is 5.71. The Balaban J connectivity index is 1.24. The van der Waals surface area contributed by atoms with Crippen molar-refractivity contribution in [2.24, 2.45) is 0 Å². The molecule has 8 nitrogen and oxygen atoms in total. The maximum Gasteiger partial charge on any atom is 0.263 e. The highest BCUT2D eigenvalue weighted by molar-refractivity contribution is 7.93. The maximum absolute atomic E-state index is 12.5. The summed E-state index contributed by atoms with van der Waals surface area (Å²) in [4.78, 5) is 19.9. The minimum Gasteiger partial charge on any atom is -0.497 e. The van der Waals surface area contributed by atoms with Crippen LogP contribution in [0.25, 0.3) is 10.9 Å². The molecular formula is C23H24N4O4S2. The van der Waals surface area contributed by atoms with E-state index in [4.69, 9.17) is 4.74 Å². The molecule has 0 unspecified atom stereocenters. The first-order valence-electron chi connectivity index (χ1n) is 10.4. The van der Waals surface area contributed by atoms with E-state index in [0.717, 1.165) is 11.9 Å². The number of rotatable bonds is 10. The molecule has 4 aromatic rings. The zero-order valence-electron chi connectivity index (χ0n) is 18.0. The van der Waals surface area contributed by atoms with Gasteiger partial charge >= 0.3 is 0 Å². The lowest BCUT2D eigenvalue weighted by molar-refractivity contribution is -0.121. The van der Waals surface area contributed by atoms with Crippen molar-refractivity contribution >= 4 is 43.3 Å². The Kier molecular flexibility index (Phi) is 6.95. The van der Waals surface area contributed by atoms with Gasteiger partial charge in [0.15, 0.2) is 5.13 Å². The molecule has 2 heterocycles. The van der Waals surface area contributed by atoms with Gasteiger partial charge in [-0.1, -0.05) is 18.2 Å². The third-order valence-electron chi connectivity index (χ3n) is 5.14. The van der Waals surface area contributed by atoms with Gasteiger partial charge in [0.05, 0.1) is 17.7 Å². The average molecular weight is 485 g/mol. The molecule has 10 heteroatoms. The van der Waals surface area contributed by atoms with Crippen LogP contribution in [0.5, 0.6) is 5.75 Å². The van der Waals surface area contributed by atoms with Crippen LogP contribution >= 0.6 is 11.3 Å². The van der Waals surface area contributed by atoms with Gasteiger partial charge in [-0.05, 0) is 48.7 Å². The number of aromatic nitrogens is 2. The van der Waals surface area contributed by atoms with Gasteiger partial charge in [-0.2, -0.15) is 0 Å². The molecule has 0 fully saturated rings. The predicted molar refractivity (Wildman–Crippen MR) is 129 cm³/mol. The summed E-state index contributed by atoms with van der Waals surface area (Å²) in [6, 6.07) is 14.2. The van der Waals surface area contributed by atoms with Crippen LogP contribution in [0, 0.1) is 0 Å². The number of carbonyl (C=O) groups is 1. The standard InChI is InChI=1S/C23H24N4O4S2/c1-31-18-7-9-19(10-8-18)33(29,30)27-23-26-17(15-32-23)6-11-22(28)24-13-12-16-14-25-21-5-3-2-4-20(16)21/h2-5,7-10,14-15,25H,6,11-13H2,1H3,(H,24,28)(H,26,27). The minimum atomic E-state index is -3.75. The molecule has 0 spiro atoms. The molecule has 2 aromatic heterocycles. The fourth-order valence-electron chi connectivity index (χ4n) is 3.40. The number of nitrogens with zero attached hydrogens (tertiary/aromatic N) is 1. The zero-order chi connectivity index (χ0) is 23.3. The van der Waals surface area contributed by atoms with Crippen molar-refractivity contribution in [3.8, 4) is 5.75 Å². The molecule has 172 valence electrons. The smallest absolute Gasteiger partial charge is 0.263 e. The lowest BCUT2D eigenvalue weighted by atomic mass is 10.1. The number of H-pyrrole nitrogens is 1. The Bertz CT molecular complexity index is 1340. The van der Waals surface area contributed by atoms with Crippen molar-refractivity contribution in [2.75, 3.05) is 18.4 Å². The van der Waals surface area contributed by atoms with E-state index in [1.54, 1.807) is 17.5 Å². The van der Waals surface area contributed by atoms with E-state index in [9.17, 15) is 13.2 Å². The van der Waals surface area contributed by atoms with Crippen molar-refractivity contribution in [3.63, 3.8) is 0 Å². The molecule has 0 aliphatic carbocycles. The van der Waals surface area contributed by atoms with E-state index >= 15 is 0 Å². The largest absolute Gasteiger partial charge is 0.497 e.